The van der Waals surface area contributed by atoms with Crippen LogP contribution in [0.1, 0.15) is 52.3 Å². The van der Waals surface area contributed by atoms with E-state index in [0.717, 1.165) is 29.8 Å². The average molecular weight is 376 g/mol. The van der Waals surface area contributed by atoms with Crippen LogP contribution in [0.2, 0.25) is 0 Å². The summed E-state index contributed by atoms with van der Waals surface area (Å²) in [5, 5.41) is 9.72. The molecule has 0 radical (unpaired) electrons. The van der Waals surface area contributed by atoms with Gasteiger partial charge in [-0.2, -0.15) is 0 Å². The van der Waals surface area contributed by atoms with Crippen molar-refractivity contribution in [2.75, 3.05) is 6.54 Å². The van der Waals surface area contributed by atoms with Crippen LogP contribution < -0.4 is 0 Å². The van der Waals surface area contributed by atoms with Crippen molar-refractivity contribution in [1.29, 1.82) is 0 Å². The van der Waals surface area contributed by atoms with Gasteiger partial charge < -0.3 is 10.0 Å². The predicted octanol–water partition coefficient (Wildman–Crippen LogP) is 3.73. The van der Waals surface area contributed by atoms with E-state index in [-0.39, 0.29) is 24.2 Å². The zero-order valence-corrected chi connectivity index (χ0v) is 15.2. The topological polar surface area (TPSA) is 70.5 Å². The van der Waals surface area contributed by atoms with Crippen molar-refractivity contribution in [2.24, 2.45) is 0 Å². The molecule has 26 heavy (non-hydrogen) atoms. The summed E-state index contributed by atoms with van der Waals surface area (Å²) in [6, 6.07) is 6.23. The third-order valence-electron chi connectivity index (χ3n) is 4.61. The SMILES string of the molecule is O=C(O)CC[C@H]1CCCCN1C(=O)c1cnc(Cc2ccc(F)cc2)s1. The molecular weight excluding hydrogens is 355 g/mol. The number of rotatable bonds is 6. The van der Waals surface area contributed by atoms with Crippen LogP contribution in [0.25, 0.3) is 0 Å². The van der Waals surface area contributed by atoms with Crippen molar-refractivity contribution < 1.29 is 19.1 Å². The molecule has 2 aromatic rings. The highest BCUT2D eigenvalue weighted by Gasteiger charge is 2.28. The quantitative estimate of drug-likeness (QED) is 0.834. The van der Waals surface area contributed by atoms with Gasteiger partial charge in [0, 0.05) is 25.4 Å². The monoisotopic (exact) mass is 376 g/mol. The Hall–Kier alpha value is -2.28. The molecule has 2 heterocycles. The highest BCUT2D eigenvalue weighted by molar-refractivity contribution is 7.13. The largest absolute Gasteiger partial charge is 0.481 e. The van der Waals surface area contributed by atoms with E-state index < -0.39 is 5.97 Å². The summed E-state index contributed by atoms with van der Waals surface area (Å²) in [4.78, 5) is 30.4. The number of carboxylic acids is 1. The molecule has 1 fully saturated rings. The molecule has 0 spiro atoms. The van der Waals surface area contributed by atoms with Crippen molar-refractivity contribution >= 4 is 23.2 Å². The summed E-state index contributed by atoms with van der Waals surface area (Å²) >= 11 is 1.35. The van der Waals surface area contributed by atoms with Crippen LogP contribution in [-0.4, -0.2) is 39.5 Å². The Kier molecular flexibility index (Phi) is 5.98. The van der Waals surface area contributed by atoms with Crippen molar-refractivity contribution in [2.45, 2.75) is 44.6 Å². The maximum absolute atomic E-state index is 13.0. The predicted molar refractivity (Wildman–Crippen MR) is 96.9 cm³/mol. The summed E-state index contributed by atoms with van der Waals surface area (Å²) < 4.78 is 13.0. The molecular formula is C19H21FN2O3S. The number of likely N-dealkylation sites (tertiary alicyclic amines) is 1. The van der Waals surface area contributed by atoms with Crippen molar-refractivity contribution in [3.05, 3.63) is 51.7 Å². The van der Waals surface area contributed by atoms with Crippen LogP contribution in [0.4, 0.5) is 4.39 Å². The minimum absolute atomic E-state index is 0.0185. The van der Waals surface area contributed by atoms with Crippen LogP contribution in [0.3, 0.4) is 0 Å². The number of aromatic nitrogens is 1. The lowest BCUT2D eigenvalue weighted by Crippen LogP contribution is -2.43. The fourth-order valence-electron chi connectivity index (χ4n) is 3.27. The standard InChI is InChI=1S/C19H21FN2O3S/c20-14-6-4-13(5-7-14)11-17-21-12-16(26-17)19(25)22-10-2-1-3-15(22)8-9-18(23)24/h4-7,12,15H,1-3,8-11H2,(H,23,24)/t15-/m1/s1. The number of carboxylic acid groups (broad SMARTS) is 1. The van der Waals surface area contributed by atoms with E-state index in [2.05, 4.69) is 4.98 Å². The summed E-state index contributed by atoms with van der Waals surface area (Å²) in [5.41, 5.74) is 0.942. The molecule has 1 aromatic carbocycles. The van der Waals surface area contributed by atoms with Gasteiger partial charge in [-0.1, -0.05) is 12.1 Å². The van der Waals surface area contributed by atoms with Gasteiger partial charge in [0.25, 0.3) is 5.91 Å². The summed E-state index contributed by atoms with van der Waals surface area (Å²) in [7, 11) is 0. The molecule has 0 saturated carbocycles. The first-order chi connectivity index (χ1) is 12.5. The first-order valence-corrected chi connectivity index (χ1v) is 9.56. The maximum atomic E-state index is 13.0. The van der Waals surface area contributed by atoms with E-state index in [4.69, 9.17) is 5.11 Å². The van der Waals surface area contributed by atoms with E-state index in [1.54, 1.807) is 18.3 Å². The van der Waals surface area contributed by atoms with E-state index in [0.29, 0.717) is 24.3 Å². The first-order valence-electron chi connectivity index (χ1n) is 8.75. The van der Waals surface area contributed by atoms with Gasteiger partial charge in [0.1, 0.15) is 10.7 Å². The summed E-state index contributed by atoms with van der Waals surface area (Å²) in [6.45, 7) is 0.661. The van der Waals surface area contributed by atoms with Crippen LogP contribution >= 0.6 is 11.3 Å². The fraction of sp³-hybridized carbons (Fsp3) is 0.421. The number of halogens is 1. The van der Waals surface area contributed by atoms with Gasteiger partial charge in [0.05, 0.1) is 11.2 Å². The number of thiazole rings is 1. The zero-order valence-electron chi connectivity index (χ0n) is 14.4. The molecule has 1 atom stereocenters. The van der Waals surface area contributed by atoms with Gasteiger partial charge in [0.2, 0.25) is 0 Å². The number of carbonyl (C=O) groups excluding carboxylic acids is 1. The second-order valence-corrected chi connectivity index (χ2v) is 7.62. The van der Waals surface area contributed by atoms with Gasteiger partial charge in [-0.3, -0.25) is 9.59 Å². The number of hydrogen-bond acceptors (Lipinski definition) is 4. The highest BCUT2D eigenvalue weighted by atomic mass is 32.1. The van der Waals surface area contributed by atoms with Gasteiger partial charge in [-0.25, -0.2) is 9.37 Å². The van der Waals surface area contributed by atoms with E-state index >= 15 is 0 Å². The van der Waals surface area contributed by atoms with E-state index in [1.165, 1.54) is 23.5 Å². The number of piperidine rings is 1. The van der Waals surface area contributed by atoms with Crippen molar-refractivity contribution in [1.82, 2.24) is 9.88 Å². The third-order valence-corrected chi connectivity index (χ3v) is 5.60. The molecule has 5 nitrogen and oxygen atoms in total. The van der Waals surface area contributed by atoms with E-state index in [9.17, 15) is 14.0 Å². The van der Waals surface area contributed by atoms with Crippen LogP contribution in [0, 0.1) is 5.82 Å². The number of nitrogens with zero attached hydrogens (tertiary/aromatic N) is 2. The Morgan fingerprint density at radius 2 is 2.04 bits per heavy atom. The van der Waals surface area contributed by atoms with Gasteiger partial charge in [-0.05, 0) is 43.4 Å². The molecule has 1 aliphatic rings. The van der Waals surface area contributed by atoms with Gasteiger partial charge >= 0.3 is 5.97 Å². The smallest absolute Gasteiger partial charge is 0.303 e. The van der Waals surface area contributed by atoms with Gasteiger partial charge in [-0.15, -0.1) is 11.3 Å². The summed E-state index contributed by atoms with van der Waals surface area (Å²) in [5.74, 6) is -1.17. The lowest BCUT2D eigenvalue weighted by molar-refractivity contribution is -0.137. The molecule has 0 aliphatic carbocycles. The second kappa shape index (κ2) is 8.40. The number of aliphatic carboxylic acids is 1. The highest BCUT2D eigenvalue weighted by Crippen LogP contribution is 2.25. The van der Waals surface area contributed by atoms with Crippen LogP contribution in [-0.2, 0) is 11.2 Å². The Morgan fingerprint density at radius 3 is 2.77 bits per heavy atom. The molecule has 1 saturated heterocycles. The maximum Gasteiger partial charge on any atom is 0.303 e. The molecule has 1 aliphatic heterocycles. The van der Waals surface area contributed by atoms with Crippen molar-refractivity contribution in [3.8, 4) is 0 Å². The van der Waals surface area contributed by atoms with Crippen LogP contribution in [0.5, 0.6) is 0 Å². The average Bonchev–Trinajstić information content (AvgIpc) is 3.10. The zero-order chi connectivity index (χ0) is 18.5. The lowest BCUT2D eigenvalue weighted by atomic mass is 9.97. The Balaban J connectivity index is 1.67. The summed E-state index contributed by atoms with van der Waals surface area (Å²) in [6.07, 6.45) is 5.52. The minimum Gasteiger partial charge on any atom is -0.481 e. The fourth-order valence-corrected chi connectivity index (χ4v) is 4.18. The third kappa shape index (κ3) is 4.66. The van der Waals surface area contributed by atoms with Crippen molar-refractivity contribution in [3.63, 3.8) is 0 Å². The van der Waals surface area contributed by atoms with Gasteiger partial charge in [0.15, 0.2) is 0 Å². The minimum atomic E-state index is -0.831. The number of hydrogen-bond donors (Lipinski definition) is 1. The normalized spacial score (nSPS) is 17.3. The molecule has 3 rings (SSSR count). The Morgan fingerprint density at radius 1 is 1.27 bits per heavy atom. The number of amides is 1. The molecule has 0 bridgehead atoms. The first kappa shape index (κ1) is 18.5. The second-order valence-electron chi connectivity index (χ2n) is 6.50. The molecule has 1 aromatic heterocycles. The molecule has 0 unspecified atom stereocenters. The lowest BCUT2D eigenvalue weighted by Gasteiger charge is -2.35. The Labute approximate surface area is 155 Å². The Bertz CT molecular complexity index is 775. The molecule has 7 heteroatoms. The molecule has 1 amide bonds. The molecule has 1 N–H and O–H groups in total. The number of carbonyl (C=O) groups is 2. The van der Waals surface area contributed by atoms with E-state index in [1.807, 2.05) is 4.90 Å². The number of benzene rings is 1. The van der Waals surface area contributed by atoms with Crippen LogP contribution in [0.15, 0.2) is 30.5 Å². The molecule has 138 valence electrons.